The number of halogens is 1. The molecule has 1 aromatic heterocycles. The Balaban J connectivity index is 0.00000176. The molecular formula is C16H21ClN4O. The van der Waals surface area contributed by atoms with Crippen molar-refractivity contribution in [1.82, 2.24) is 15.1 Å². The van der Waals surface area contributed by atoms with Crippen molar-refractivity contribution in [3.05, 3.63) is 48.3 Å². The number of rotatable bonds is 5. The predicted octanol–water partition coefficient (Wildman–Crippen LogP) is 2.15. The van der Waals surface area contributed by atoms with Crippen molar-refractivity contribution in [3.63, 3.8) is 0 Å². The molecule has 6 heteroatoms. The van der Waals surface area contributed by atoms with Gasteiger partial charge >= 0.3 is 0 Å². The van der Waals surface area contributed by atoms with E-state index in [1.807, 2.05) is 43.5 Å². The van der Waals surface area contributed by atoms with Gasteiger partial charge in [-0.15, -0.1) is 12.4 Å². The van der Waals surface area contributed by atoms with Gasteiger partial charge in [-0.05, 0) is 56.0 Å². The molecule has 1 aliphatic rings. The van der Waals surface area contributed by atoms with Crippen LogP contribution in [0.4, 0.5) is 0 Å². The zero-order chi connectivity index (χ0) is 14.9. The maximum Gasteiger partial charge on any atom is 0.251 e. The molecule has 22 heavy (non-hydrogen) atoms. The van der Waals surface area contributed by atoms with Gasteiger partial charge in [-0.25, -0.2) is 4.68 Å². The maximum absolute atomic E-state index is 12.4. The SMILES string of the molecule is CC(CN)(NC(=O)c1ccc(-n2cccn2)cc1)C1CC1.Cl. The Morgan fingerprint density at radius 1 is 1.41 bits per heavy atom. The van der Waals surface area contributed by atoms with E-state index in [4.69, 9.17) is 5.73 Å². The predicted molar refractivity (Wildman–Crippen MR) is 88.5 cm³/mol. The summed E-state index contributed by atoms with van der Waals surface area (Å²) in [6.45, 7) is 2.50. The lowest BCUT2D eigenvalue weighted by atomic mass is 9.95. The molecule has 1 unspecified atom stereocenters. The van der Waals surface area contributed by atoms with E-state index in [9.17, 15) is 4.79 Å². The average Bonchev–Trinajstić information content (AvgIpc) is 3.23. The summed E-state index contributed by atoms with van der Waals surface area (Å²) in [4.78, 5) is 12.4. The van der Waals surface area contributed by atoms with Crippen LogP contribution < -0.4 is 11.1 Å². The van der Waals surface area contributed by atoms with Crippen LogP contribution in [0.1, 0.15) is 30.1 Å². The number of benzene rings is 1. The van der Waals surface area contributed by atoms with E-state index in [-0.39, 0.29) is 23.9 Å². The third kappa shape index (κ3) is 3.31. The minimum atomic E-state index is -0.294. The van der Waals surface area contributed by atoms with Gasteiger partial charge in [0.05, 0.1) is 11.2 Å². The van der Waals surface area contributed by atoms with Crippen LogP contribution in [0.2, 0.25) is 0 Å². The number of carbonyl (C=O) groups excluding carboxylic acids is 1. The van der Waals surface area contributed by atoms with Gasteiger partial charge in [0.2, 0.25) is 0 Å². The summed E-state index contributed by atoms with van der Waals surface area (Å²) in [5, 5.41) is 7.25. The summed E-state index contributed by atoms with van der Waals surface area (Å²) in [7, 11) is 0. The zero-order valence-corrected chi connectivity index (χ0v) is 13.3. The van der Waals surface area contributed by atoms with Crippen molar-refractivity contribution in [2.45, 2.75) is 25.3 Å². The van der Waals surface area contributed by atoms with Crippen LogP contribution in [0.3, 0.4) is 0 Å². The second-order valence-corrected chi connectivity index (χ2v) is 5.85. The van der Waals surface area contributed by atoms with E-state index >= 15 is 0 Å². The fourth-order valence-electron chi connectivity index (χ4n) is 2.56. The summed E-state index contributed by atoms with van der Waals surface area (Å²) in [6, 6.07) is 9.27. The van der Waals surface area contributed by atoms with Crippen molar-refractivity contribution >= 4 is 18.3 Å². The molecule has 5 nitrogen and oxygen atoms in total. The number of hydrogen-bond acceptors (Lipinski definition) is 3. The molecule has 0 bridgehead atoms. The molecule has 1 aliphatic carbocycles. The van der Waals surface area contributed by atoms with Crippen LogP contribution in [0.25, 0.3) is 5.69 Å². The topological polar surface area (TPSA) is 72.9 Å². The first-order chi connectivity index (χ1) is 10.1. The van der Waals surface area contributed by atoms with Crippen LogP contribution in [0, 0.1) is 5.92 Å². The highest BCUT2D eigenvalue weighted by Gasteiger charge is 2.41. The Morgan fingerprint density at radius 3 is 2.59 bits per heavy atom. The van der Waals surface area contributed by atoms with Gasteiger partial charge in [0.1, 0.15) is 0 Å². The van der Waals surface area contributed by atoms with Crippen LogP contribution in [0.15, 0.2) is 42.7 Å². The lowest BCUT2D eigenvalue weighted by molar-refractivity contribution is 0.0898. The Kier molecular flexibility index (Phi) is 4.88. The molecule has 1 amide bonds. The molecule has 2 aromatic rings. The Hall–Kier alpha value is -1.85. The summed E-state index contributed by atoms with van der Waals surface area (Å²) in [5.41, 5.74) is 7.12. The number of amides is 1. The lowest BCUT2D eigenvalue weighted by Crippen LogP contribution is -2.53. The minimum absolute atomic E-state index is 0. The van der Waals surface area contributed by atoms with Gasteiger partial charge in [-0.3, -0.25) is 4.79 Å². The van der Waals surface area contributed by atoms with Crippen LogP contribution in [-0.4, -0.2) is 27.8 Å². The minimum Gasteiger partial charge on any atom is -0.345 e. The molecule has 0 aliphatic heterocycles. The third-order valence-corrected chi connectivity index (χ3v) is 4.20. The molecule has 0 spiro atoms. The largest absolute Gasteiger partial charge is 0.345 e. The Bertz CT molecular complexity index is 622. The van der Waals surface area contributed by atoms with E-state index in [2.05, 4.69) is 10.4 Å². The third-order valence-electron chi connectivity index (χ3n) is 4.20. The normalized spacial score (nSPS) is 16.5. The molecule has 3 rings (SSSR count). The summed E-state index contributed by atoms with van der Waals surface area (Å²) < 4.78 is 1.76. The molecule has 118 valence electrons. The summed E-state index contributed by atoms with van der Waals surface area (Å²) in [6.07, 6.45) is 5.88. The van der Waals surface area contributed by atoms with Crippen molar-refractivity contribution in [2.75, 3.05) is 6.54 Å². The fourth-order valence-corrected chi connectivity index (χ4v) is 2.56. The Labute approximate surface area is 136 Å². The highest BCUT2D eigenvalue weighted by atomic mass is 35.5. The van der Waals surface area contributed by atoms with Crippen LogP contribution in [0.5, 0.6) is 0 Å². The molecule has 1 saturated carbocycles. The zero-order valence-electron chi connectivity index (χ0n) is 12.5. The van der Waals surface area contributed by atoms with Gasteiger partial charge in [-0.1, -0.05) is 0 Å². The number of nitrogens with two attached hydrogens (primary N) is 1. The van der Waals surface area contributed by atoms with E-state index < -0.39 is 0 Å². The first-order valence-corrected chi connectivity index (χ1v) is 7.25. The van der Waals surface area contributed by atoms with Gasteiger partial charge in [-0.2, -0.15) is 5.10 Å². The number of nitrogens with zero attached hydrogens (tertiary/aromatic N) is 2. The average molecular weight is 321 g/mol. The van der Waals surface area contributed by atoms with Gasteiger partial charge in [0, 0.05) is 24.5 Å². The molecule has 0 radical (unpaired) electrons. The van der Waals surface area contributed by atoms with Gasteiger partial charge in [0.15, 0.2) is 0 Å². The van der Waals surface area contributed by atoms with E-state index in [1.165, 1.54) is 0 Å². The molecule has 1 atom stereocenters. The molecular weight excluding hydrogens is 300 g/mol. The summed E-state index contributed by atoms with van der Waals surface area (Å²) in [5.74, 6) is 0.441. The highest BCUT2D eigenvalue weighted by Crippen LogP contribution is 2.39. The smallest absolute Gasteiger partial charge is 0.251 e. The van der Waals surface area contributed by atoms with Gasteiger partial charge < -0.3 is 11.1 Å². The number of carbonyl (C=O) groups is 1. The van der Waals surface area contributed by atoms with E-state index in [0.717, 1.165) is 18.5 Å². The van der Waals surface area contributed by atoms with Crippen LogP contribution in [-0.2, 0) is 0 Å². The molecule has 1 heterocycles. The quantitative estimate of drug-likeness (QED) is 0.886. The molecule has 1 aromatic carbocycles. The highest BCUT2D eigenvalue weighted by molar-refractivity contribution is 5.94. The first-order valence-electron chi connectivity index (χ1n) is 7.25. The van der Waals surface area contributed by atoms with Crippen LogP contribution >= 0.6 is 12.4 Å². The second-order valence-electron chi connectivity index (χ2n) is 5.85. The first kappa shape index (κ1) is 16.5. The van der Waals surface area contributed by atoms with Crippen molar-refractivity contribution in [1.29, 1.82) is 0 Å². The van der Waals surface area contributed by atoms with E-state index in [0.29, 0.717) is 18.0 Å². The fraction of sp³-hybridized carbons (Fsp3) is 0.375. The summed E-state index contributed by atoms with van der Waals surface area (Å²) >= 11 is 0. The van der Waals surface area contributed by atoms with Crippen molar-refractivity contribution in [2.24, 2.45) is 11.7 Å². The Morgan fingerprint density at radius 2 is 2.09 bits per heavy atom. The van der Waals surface area contributed by atoms with Crippen molar-refractivity contribution < 1.29 is 4.79 Å². The lowest BCUT2D eigenvalue weighted by Gasteiger charge is -2.29. The number of hydrogen-bond donors (Lipinski definition) is 2. The molecule has 1 fully saturated rings. The van der Waals surface area contributed by atoms with E-state index in [1.54, 1.807) is 10.9 Å². The number of nitrogens with one attached hydrogen (secondary N) is 1. The van der Waals surface area contributed by atoms with Crippen molar-refractivity contribution in [3.8, 4) is 5.69 Å². The standard InChI is InChI=1S/C16H20N4O.ClH/c1-16(11-17,13-5-6-13)19-15(21)12-3-7-14(8-4-12)20-10-2-9-18-20;/h2-4,7-10,13H,5-6,11,17H2,1H3,(H,19,21);1H. The van der Waals surface area contributed by atoms with Gasteiger partial charge in [0.25, 0.3) is 5.91 Å². The molecule has 0 saturated heterocycles. The number of aromatic nitrogens is 2. The molecule has 3 N–H and O–H groups in total. The monoisotopic (exact) mass is 320 g/mol. The second kappa shape index (κ2) is 6.50. The maximum atomic E-state index is 12.4.